The largest absolute Gasteiger partial charge is 0.481 e. The smallest absolute Gasteiger partial charge is 0.311 e. The van der Waals surface area contributed by atoms with Crippen LogP contribution in [0.2, 0.25) is 0 Å². The molecule has 0 aromatic rings. The number of likely N-dealkylation sites (tertiary alicyclic amines) is 1. The first-order valence-corrected chi connectivity index (χ1v) is 8.28. The normalized spacial score (nSPS) is 44.9. The van der Waals surface area contributed by atoms with Gasteiger partial charge < -0.3 is 14.7 Å². The summed E-state index contributed by atoms with van der Waals surface area (Å²) in [5, 5.41) is 9.71. The Balaban J connectivity index is 1.52. The van der Waals surface area contributed by atoms with Crippen LogP contribution in [0.1, 0.15) is 44.9 Å². The molecule has 5 heteroatoms. The summed E-state index contributed by atoms with van der Waals surface area (Å²) in [5.41, 5.74) is -0.674. The second-order valence-electron chi connectivity index (χ2n) is 7.34. The highest BCUT2D eigenvalue weighted by molar-refractivity contribution is 5.83. The molecular formula is C16H23NO4. The molecule has 5 atom stereocenters. The molecule has 4 aliphatic rings. The lowest BCUT2D eigenvalue weighted by Gasteiger charge is -2.34. The maximum absolute atomic E-state index is 12.8. The van der Waals surface area contributed by atoms with Gasteiger partial charge >= 0.3 is 5.97 Å². The summed E-state index contributed by atoms with van der Waals surface area (Å²) in [6.45, 7) is 1.05. The molecule has 21 heavy (non-hydrogen) atoms. The average Bonchev–Trinajstić information content (AvgIpc) is 3.19. The fourth-order valence-corrected chi connectivity index (χ4v) is 5.11. The zero-order chi connectivity index (χ0) is 14.6. The van der Waals surface area contributed by atoms with E-state index in [0.29, 0.717) is 13.1 Å². The summed E-state index contributed by atoms with van der Waals surface area (Å²) in [7, 11) is 0. The fourth-order valence-electron chi connectivity index (χ4n) is 5.11. The molecule has 3 aliphatic heterocycles. The lowest BCUT2D eigenvalue weighted by Crippen LogP contribution is -2.43. The van der Waals surface area contributed by atoms with Gasteiger partial charge in [-0.15, -0.1) is 0 Å². The van der Waals surface area contributed by atoms with E-state index >= 15 is 0 Å². The van der Waals surface area contributed by atoms with E-state index in [0.717, 1.165) is 44.9 Å². The van der Waals surface area contributed by atoms with Gasteiger partial charge in [-0.3, -0.25) is 9.59 Å². The minimum Gasteiger partial charge on any atom is -0.481 e. The SMILES string of the molecule is O=C([C@@H]1C[C@@H]2CC[C@H]1O2)N1C[C@H]2CCCC[C@@]2(C(=O)O)C1. The number of rotatable bonds is 2. The molecule has 5 nitrogen and oxygen atoms in total. The van der Waals surface area contributed by atoms with Gasteiger partial charge in [-0.25, -0.2) is 0 Å². The molecule has 1 saturated carbocycles. The Morgan fingerprint density at radius 1 is 1.19 bits per heavy atom. The van der Waals surface area contributed by atoms with Gasteiger partial charge in [0.15, 0.2) is 0 Å². The Hall–Kier alpha value is -1.10. The van der Waals surface area contributed by atoms with Crippen LogP contribution in [0, 0.1) is 17.3 Å². The molecule has 4 fully saturated rings. The van der Waals surface area contributed by atoms with Crippen molar-refractivity contribution in [2.75, 3.05) is 13.1 Å². The van der Waals surface area contributed by atoms with Crippen LogP contribution in [0.25, 0.3) is 0 Å². The Kier molecular flexibility index (Phi) is 3.03. The van der Waals surface area contributed by atoms with Crippen molar-refractivity contribution in [2.45, 2.75) is 57.2 Å². The first kappa shape index (κ1) is 13.6. The lowest BCUT2D eigenvalue weighted by atomic mass is 9.68. The molecule has 116 valence electrons. The molecule has 2 bridgehead atoms. The molecule has 1 amide bonds. The Morgan fingerprint density at radius 3 is 2.67 bits per heavy atom. The van der Waals surface area contributed by atoms with Crippen molar-refractivity contribution in [2.24, 2.45) is 17.3 Å². The number of hydrogen-bond acceptors (Lipinski definition) is 3. The van der Waals surface area contributed by atoms with E-state index in [1.807, 2.05) is 4.90 Å². The van der Waals surface area contributed by atoms with Crippen LogP contribution in [0.5, 0.6) is 0 Å². The Morgan fingerprint density at radius 2 is 2.05 bits per heavy atom. The molecule has 4 rings (SSSR count). The summed E-state index contributed by atoms with van der Waals surface area (Å²) >= 11 is 0. The van der Waals surface area contributed by atoms with Crippen LogP contribution in [-0.2, 0) is 14.3 Å². The minimum atomic E-state index is -0.702. The van der Waals surface area contributed by atoms with Crippen molar-refractivity contribution in [1.82, 2.24) is 4.90 Å². The third kappa shape index (κ3) is 1.93. The third-order valence-electron chi connectivity index (χ3n) is 6.28. The summed E-state index contributed by atoms with van der Waals surface area (Å²) < 4.78 is 5.79. The second-order valence-corrected chi connectivity index (χ2v) is 7.34. The summed E-state index contributed by atoms with van der Waals surface area (Å²) in [5.74, 6) is -0.425. The average molecular weight is 293 g/mol. The highest BCUT2D eigenvalue weighted by atomic mass is 16.5. The van der Waals surface area contributed by atoms with E-state index in [1.165, 1.54) is 0 Å². The van der Waals surface area contributed by atoms with Gasteiger partial charge in [-0.2, -0.15) is 0 Å². The highest BCUT2D eigenvalue weighted by Crippen LogP contribution is 2.48. The maximum atomic E-state index is 12.8. The van der Waals surface area contributed by atoms with Gasteiger partial charge in [-0.1, -0.05) is 12.8 Å². The molecule has 0 unspecified atom stereocenters. The summed E-state index contributed by atoms with van der Waals surface area (Å²) in [6.07, 6.45) is 7.01. The van der Waals surface area contributed by atoms with Crippen LogP contribution in [-0.4, -0.2) is 47.2 Å². The van der Waals surface area contributed by atoms with Gasteiger partial charge in [0, 0.05) is 13.1 Å². The van der Waals surface area contributed by atoms with E-state index in [9.17, 15) is 14.7 Å². The van der Waals surface area contributed by atoms with Crippen LogP contribution >= 0.6 is 0 Å². The van der Waals surface area contributed by atoms with Crippen LogP contribution in [0.3, 0.4) is 0 Å². The quantitative estimate of drug-likeness (QED) is 0.841. The lowest BCUT2D eigenvalue weighted by molar-refractivity contribution is -0.152. The molecule has 0 aromatic carbocycles. The monoisotopic (exact) mass is 293 g/mol. The number of fused-ring (bicyclic) bond motifs is 3. The number of aliphatic carboxylic acids is 1. The third-order valence-corrected chi connectivity index (χ3v) is 6.28. The number of ether oxygens (including phenoxy) is 1. The van der Waals surface area contributed by atoms with E-state index < -0.39 is 11.4 Å². The van der Waals surface area contributed by atoms with E-state index in [4.69, 9.17) is 4.74 Å². The van der Waals surface area contributed by atoms with Crippen molar-refractivity contribution < 1.29 is 19.4 Å². The summed E-state index contributed by atoms with van der Waals surface area (Å²) in [6, 6.07) is 0. The first-order chi connectivity index (χ1) is 10.1. The molecule has 0 spiro atoms. The summed E-state index contributed by atoms with van der Waals surface area (Å²) in [4.78, 5) is 26.5. The number of carboxylic acid groups (broad SMARTS) is 1. The molecule has 1 aliphatic carbocycles. The molecule has 1 N–H and O–H groups in total. The second kappa shape index (κ2) is 4.70. The van der Waals surface area contributed by atoms with Crippen molar-refractivity contribution in [3.8, 4) is 0 Å². The van der Waals surface area contributed by atoms with E-state index in [-0.39, 0.29) is 30.0 Å². The maximum Gasteiger partial charge on any atom is 0.311 e. The fraction of sp³-hybridized carbons (Fsp3) is 0.875. The van der Waals surface area contributed by atoms with Crippen LogP contribution in [0.15, 0.2) is 0 Å². The Labute approximate surface area is 124 Å². The van der Waals surface area contributed by atoms with E-state index in [2.05, 4.69) is 0 Å². The van der Waals surface area contributed by atoms with Crippen LogP contribution in [0.4, 0.5) is 0 Å². The van der Waals surface area contributed by atoms with Crippen LogP contribution < -0.4 is 0 Å². The van der Waals surface area contributed by atoms with Crippen molar-refractivity contribution >= 4 is 11.9 Å². The minimum absolute atomic E-state index is 0.0188. The number of carbonyl (C=O) groups is 2. The number of hydrogen-bond donors (Lipinski definition) is 1. The molecule has 0 radical (unpaired) electrons. The van der Waals surface area contributed by atoms with Crippen molar-refractivity contribution in [1.29, 1.82) is 0 Å². The zero-order valence-electron chi connectivity index (χ0n) is 12.3. The predicted octanol–water partition coefficient (Wildman–Crippen LogP) is 1.66. The highest BCUT2D eigenvalue weighted by Gasteiger charge is 2.56. The molecule has 3 saturated heterocycles. The predicted molar refractivity (Wildman–Crippen MR) is 74.6 cm³/mol. The van der Waals surface area contributed by atoms with Gasteiger partial charge in [0.05, 0.1) is 23.5 Å². The van der Waals surface area contributed by atoms with Gasteiger partial charge in [0.2, 0.25) is 5.91 Å². The first-order valence-electron chi connectivity index (χ1n) is 8.28. The molecule has 0 aromatic heterocycles. The molecule has 3 heterocycles. The number of carbonyl (C=O) groups excluding carboxylic acids is 1. The van der Waals surface area contributed by atoms with Gasteiger partial charge in [0.25, 0.3) is 0 Å². The Bertz CT molecular complexity index is 479. The number of nitrogens with zero attached hydrogens (tertiary/aromatic N) is 1. The van der Waals surface area contributed by atoms with Gasteiger partial charge in [0.1, 0.15) is 0 Å². The van der Waals surface area contributed by atoms with Gasteiger partial charge in [-0.05, 0) is 38.0 Å². The topological polar surface area (TPSA) is 66.8 Å². The number of carboxylic acids is 1. The van der Waals surface area contributed by atoms with E-state index in [1.54, 1.807) is 0 Å². The van der Waals surface area contributed by atoms with Crippen molar-refractivity contribution in [3.63, 3.8) is 0 Å². The number of amides is 1. The van der Waals surface area contributed by atoms with Crippen molar-refractivity contribution in [3.05, 3.63) is 0 Å². The molecular weight excluding hydrogens is 270 g/mol. The zero-order valence-corrected chi connectivity index (χ0v) is 12.3. The standard InChI is InChI=1S/C16H23NO4/c18-14(12-7-11-4-5-13(12)21-11)17-8-10-3-1-2-6-16(10,9-17)15(19)20/h10-13H,1-9H2,(H,19,20)/t10-,11+,12-,13-,16-/m1/s1.